The molecule has 4 rings (SSSR count). The number of hydrogen-bond acceptors (Lipinski definition) is 7. The van der Waals surface area contributed by atoms with Crippen LogP contribution in [0.3, 0.4) is 0 Å². The van der Waals surface area contributed by atoms with Crippen molar-refractivity contribution in [3.63, 3.8) is 0 Å². The number of aryl methyl sites for hydroxylation is 2. The van der Waals surface area contributed by atoms with Crippen molar-refractivity contribution in [3.05, 3.63) is 15.6 Å². The van der Waals surface area contributed by atoms with Gasteiger partial charge < -0.3 is 15.4 Å². The lowest BCUT2D eigenvalue weighted by Gasteiger charge is -2.25. The molecule has 13 heteroatoms. The predicted molar refractivity (Wildman–Crippen MR) is 118 cm³/mol. The number of methoxy groups -OCH3 is 1. The number of halogens is 3. The minimum atomic E-state index is -4.42. The van der Waals surface area contributed by atoms with Gasteiger partial charge in [0.05, 0.1) is 22.9 Å². The summed E-state index contributed by atoms with van der Waals surface area (Å²) in [6, 6.07) is -1.28. The van der Waals surface area contributed by atoms with Gasteiger partial charge in [-0.25, -0.2) is 14.8 Å². The number of rotatable bonds is 5. The molecule has 1 aliphatic heterocycles. The van der Waals surface area contributed by atoms with Crippen LogP contribution in [0.2, 0.25) is 0 Å². The Kier molecular flexibility index (Phi) is 6.16. The molecule has 2 aromatic rings. The van der Waals surface area contributed by atoms with Gasteiger partial charge in [-0.1, -0.05) is 11.3 Å². The third-order valence-corrected chi connectivity index (χ3v) is 8.57. The average Bonchev–Trinajstić information content (AvgIpc) is 3.42. The number of ether oxygens (including phenoxy) is 1. The normalized spacial score (nSPS) is 20.5. The van der Waals surface area contributed by atoms with Gasteiger partial charge in [0.15, 0.2) is 5.13 Å². The number of carbonyl (C=O) groups excluding carboxylic acids is 2. The smallest absolute Gasteiger partial charge is 0.384 e. The monoisotopic (exact) mass is 503 g/mol. The number of aromatic nitrogens is 2. The van der Waals surface area contributed by atoms with E-state index in [2.05, 4.69) is 15.3 Å². The molecule has 2 aliphatic rings. The summed E-state index contributed by atoms with van der Waals surface area (Å²) in [6.45, 7) is 2.91. The van der Waals surface area contributed by atoms with Gasteiger partial charge in [0, 0.05) is 24.4 Å². The molecule has 2 aromatic heterocycles. The topological polar surface area (TPSA) is 110 Å². The zero-order chi connectivity index (χ0) is 24.1. The number of alkyl halides is 3. The van der Waals surface area contributed by atoms with Gasteiger partial charge in [0.1, 0.15) is 16.5 Å². The third kappa shape index (κ3) is 4.21. The summed E-state index contributed by atoms with van der Waals surface area (Å²) in [5.74, 6) is -0.786. The molecule has 0 radical (unpaired) electrons. The molecule has 0 unspecified atom stereocenters. The molecule has 0 aromatic carbocycles. The Hall–Kier alpha value is -2.25. The van der Waals surface area contributed by atoms with E-state index < -0.39 is 29.6 Å². The van der Waals surface area contributed by atoms with Gasteiger partial charge in [-0.2, -0.15) is 13.2 Å². The van der Waals surface area contributed by atoms with Crippen LogP contribution < -0.4 is 11.1 Å². The number of hydrogen-bond donors (Lipinski definition) is 2. The first kappa shape index (κ1) is 23.9. The van der Waals surface area contributed by atoms with E-state index in [9.17, 15) is 22.8 Å². The second-order valence-corrected chi connectivity index (χ2v) is 10.8. The molecule has 1 saturated heterocycles. The van der Waals surface area contributed by atoms with Gasteiger partial charge in [0.2, 0.25) is 5.91 Å². The highest BCUT2D eigenvalue weighted by atomic mass is 32.1. The summed E-state index contributed by atoms with van der Waals surface area (Å²) >= 11 is 2.24. The minimum Gasteiger partial charge on any atom is -0.384 e. The number of primary amides is 1. The fraction of sp³-hybridized carbons (Fsp3) is 0.600. The summed E-state index contributed by atoms with van der Waals surface area (Å²) < 4.78 is 45.6. The van der Waals surface area contributed by atoms with Gasteiger partial charge in [-0.15, -0.1) is 11.3 Å². The van der Waals surface area contributed by atoms with Gasteiger partial charge in [-0.05, 0) is 33.1 Å². The van der Waals surface area contributed by atoms with Crippen LogP contribution in [0.1, 0.15) is 35.8 Å². The van der Waals surface area contributed by atoms with Crippen LogP contribution in [-0.2, 0) is 27.8 Å². The highest BCUT2D eigenvalue weighted by molar-refractivity contribution is 7.20. The number of nitrogens with zero attached hydrogens (tertiary/aromatic N) is 3. The molecule has 0 bridgehead atoms. The van der Waals surface area contributed by atoms with Crippen molar-refractivity contribution >= 4 is 39.7 Å². The maximum atomic E-state index is 13.5. The molecule has 1 aliphatic carbocycles. The Labute approximate surface area is 196 Å². The first-order valence-electron chi connectivity index (χ1n) is 10.4. The zero-order valence-electron chi connectivity index (χ0n) is 18.3. The number of amides is 3. The van der Waals surface area contributed by atoms with E-state index in [1.807, 2.05) is 0 Å². The third-order valence-electron chi connectivity index (χ3n) is 6.11. The Balaban J connectivity index is 1.56. The van der Waals surface area contributed by atoms with Crippen molar-refractivity contribution in [3.8, 4) is 10.6 Å². The summed E-state index contributed by atoms with van der Waals surface area (Å²) in [6.07, 6.45) is -2.74. The summed E-state index contributed by atoms with van der Waals surface area (Å²) in [4.78, 5) is 36.5. The van der Waals surface area contributed by atoms with Crippen LogP contribution in [0, 0.1) is 5.92 Å². The largest absolute Gasteiger partial charge is 0.400 e. The lowest BCUT2D eigenvalue weighted by atomic mass is 9.94. The standard InChI is InChI=1S/C20H24F3N5O3S2/c1-19(2,20(21,22)23)16-26-12-11(32-16)5-4-10-14(12)33-17(25-10)27-18(30)28-7-6-9(8-31-3)13(28)15(24)29/h9,13H,4-8H2,1-3H3,(H2,24,29)(H,25,27,30)/t9-,13-/m0/s1. The van der Waals surface area contributed by atoms with Crippen LogP contribution in [0.4, 0.5) is 23.1 Å². The van der Waals surface area contributed by atoms with Gasteiger partial charge in [-0.3, -0.25) is 10.1 Å². The Morgan fingerprint density at radius 1 is 1.24 bits per heavy atom. The van der Waals surface area contributed by atoms with Crippen LogP contribution in [0.25, 0.3) is 10.6 Å². The van der Waals surface area contributed by atoms with E-state index in [1.165, 1.54) is 23.3 Å². The predicted octanol–water partition coefficient (Wildman–Crippen LogP) is 3.56. The maximum absolute atomic E-state index is 13.5. The Bertz CT molecular complexity index is 1080. The lowest BCUT2D eigenvalue weighted by Crippen LogP contribution is -2.48. The molecule has 8 nitrogen and oxygen atoms in total. The number of carbonyl (C=O) groups is 2. The van der Waals surface area contributed by atoms with Crippen molar-refractivity contribution in [1.82, 2.24) is 14.9 Å². The van der Waals surface area contributed by atoms with Crippen LogP contribution >= 0.6 is 22.7 Å². The number of fused-ring (bicyclic) bond motifs is 3. The number of anilines is 1. The fourth-order valence-electron chi connectivity index (χ4n) is 4.10. The molecular formula is C20H24F3N5O3S2. The molecule has 0 spiro atoms. The van der Waals surface area contributed by atoms with E-state index in [-0.39, 0.29) is 10.9 Å². The molecule has 2 atom stereocenters. The Morgan fingerprint density at radius 3 is 2.61 bits per heavy atom. The SMILES string of the molecule is COC[C@@H]1CCN(C(=O)Nc2nc3c(s2)-c2nc(C(C)(C)C(F)(F)F)sc2CC3)[C@@H]1C(N)=O. The molecule has 0 saturated carbocycles. The number of likely N-dealkylation sites (tertiary alicyclic amines) is 1. The van der Waals surface area contributed by atoms with Crippen molar-refractivity contribution in [1.29, 1.82) is 0 Å². The van der Waals surface area contributed by atoms with Crippen molar-refractivity contribution < 1.29 is 27.5 Å². The summed E-state index contributed by atoms with van der Waals surface area (Å²) in [5, 5.41) is 3.04. The number of nitrogens with one attached hydrogen (secondary N) is 1. The molecule has 1 fully saturated rings. The van der Waals surface area contributed by atoms with E-state index >= 15 is 0 Å². The molecule has 3 amide bonds. The average molecular weight is 504 g/mol. The molecule has 180 valence electrons. The number of thiazole rings is 2. The molecule has 3 heterocycles. The summed E-state index contributed by atoms with van der Waals surface area (Å²) in [5.41, 5.74) is 4.66. The first-order chi connectivity index (χ1) is 15.4. The minimum absolute atomic E-state index is 0.0115. The maximum Gasteiger partial charge on any atom is 0.400 e. The van der Waals surface area contributed by atoms with E-state index in [0.29, 0.717) is 53.8 Å². The second-order valence-electron chi connectivity index (χ2n) is 8.68. The number of urea groups is 1. The fourth-order valence-corrected chi connectivity index (χ4v) is 6.37. The molecule has 33 heavy (non-hydrogen) atoms. The van der Waals surface area contributed by atoms with Crippen LogP contribution in [-0.4, -0.2) is 59.3 Å². The van der Waals surface area contributed by atoms with Crippen LogP contribution in [0.15, 0.2) is 0 Å². The van der Waals surface area contributed by atoms with Crippen molar-refractivity contribution in [2.45, 2.75) is 50.7 Å². The number of nitrogens with two attached hydrogens (primary N) is 1. The van der Waals surface area contributed by atoms with E-state index in [4.69, 9.17) is 10.5 Å². The molecule has 3 N–H and O–H groups in total. The zero-order valence-corrected chi connectivity index (χ0v) is 19.9. The van der Waals surface area contributed by atoms with Gasteiger partial charge in [0.25, 0.3) is 0 Å². The van der Waals surface area contributed by atoms with E-state index in [1.54, 1.807) is 0 Å². The van der Waals surface area contributed by atoms with Crippen LogP contribution in [0.5, 0.6) is 0 Å². The lowest BCUT2D eigenvalue weighted by molar-refractivity contribution is -0.180. The summed E-state index contributed by atoms with van der Waals surface area (Å²) in [7, 11) is 1.52. The Morgan fingerprint density at radius 2 is 1.97 bits per heavy atom. The quantitative estimate of drug-likeness (QED) is 0.648. The molecular weight excluding hydrogens is 479 g/mol. The van der Waals surface area contributed by atoms with Crippen molar-refractivity contribution in [2.24, 2.45) is 11.7 Å². The van der Waals surface area contributed by atoms with Crippen molar-refractivity contribution in [2.75, 3.05) is 25.6 Å². The van der Waals surface area contributed by atoms with E-state index in [0.717, 1.165) is 30.1 Å². The highest BCUT2D eigenvalue weighted by Crippen LogP contribution is 2.47. The first-order valence-corrected chi connectivity index (χ1v) is 12.0. The van der Waals surface area contributed by atoms with Gasteiger partial charge >= 0.3 is 12.2 Å². The highest BCUT2D eigenvalue weighted by Gasteiger charge is 2.51. The second kappa shape index (κ2) is 8.51.